The van der Waals surface area contributed by atoms with Crippen molar-refractivity contribution >= 4 is 23.2 Å². The fourth-order valence-electron chi connectivity index (χ4n) is 3.20. The van der Waals surface area contributed by atoms with Crippen LogP contribution < -0.4 is 0 Å². The minimum atomic E-state index is -0.917. The highest BCUT2D eigenvalue weighted by atomic mass is 35.5. The van der Waals surface area contributed by atoms with Gasteiger partial charge in [0.1, 0.15) is 0 Å². The van der Waals surface area contributed by atoms with Gasteiger partial charge in [-0.25, -0.2) is 0 Å². The van der Waals surface area contributed by atoms with Gasteiger partial charge in [0.2, 0.25) is 5.60 Å². The molecule has 22 heavy (non-hydrogen) atoms. The summed E-state index contributed by atoms with van der Waals surface area (Å²) in [4.78, 5) is 20.4. The third kappa shape index (κ3) is 2.72. The molecule has 1 aromatic rings. The number of carbonyl (C=O) groups is 1. The van der Waals surface area contributed by atoms with Gasteiger partial charge in [0.15, 0.2) is 0 Å². The summed E-state index contributed by atoms with van der Waals surface area (Å²) in [6.07, 6.45) is 3.76. The molecule has 2 atom stereocenters. The molecule has 1 saturated heterocycles. The molecule has 0 radical (unpaired) electrons. The quantitative estimate of drug-likeness (QED) is 0.835. The smallest absolute Gasteiger partial charge is 0.269 e. The van der Waals surface area contributed by atoms with E-state index in [0.29, 0.717) is 11.4 Å². The van der Waals surface area contributed by atoms with Crippen molar-refractivity contribution in [3.63, 3.8) is 0 Å². The zero-order chi connectivity index (χ0) is 15.7. The van der Waals surface area contributed by atoms with Crippen molar-refractivity contribution in [2.75, 3.05) is 6.54 Å². The molecule has 1 amide bonds. The van der Waals surface area contributed by atoms with Gasteiger partial charge in [0.05, 0.1) is 5.71 Å². The predicted octanol–water partition coefficient (Wildman–Crippen LogP) is 3.62. The first-order valence-corrected chi connectivity index (χ1v) is 8.20. The Kier molecular flexibility index (Phi) is 4.13. The second-order valence-corrected chi connectivity index (χ2v) is 6.77. The molecule has 1 aromatic carbocycles. The molecule has 5 heteroatoms. The van der Waals surface area contributed by atoms with E-state index in [0.717, 1.165) is 30.7 Å². The van der Waals surface area contributed by atoms with Crippen molar-refractivity contribution in [2.45, 2.75) is 51.2 Å². The van der Waals surface area contributed by atoms with Crippen molar-refractivity contribution in [3.05, 3.63) is 34.9 Å². The zero-order valence-electron chi connectivity index (χ0n) is 13.0. The molecule has 0 aliphatic carbocycles. The Hall–Kier alpha value is -1.55. The van der Waals surface area contributed by atoms with Gasteiger partial charge in [-0.2, -0.15) is 0 Å². The molecule has 0 aromatic heterocycles. The summed E-state index contributed by atoms with van der Waals surface area (Å²) in [5.74, 6) is 0.0329. The van der Waals surface area contributed by atoms with E-state index in [1.165, 1.54) is 6.42 Å². The van der Waals surface area contributed by atoms with Crippen LogP contribution in [0.3, 0.4) is 0 Å². The van der Waals surface area contributed by atoms with Crippen LogP contribution in [0.5, 0.6) is 0 Å². The molecule has 2 aliphatic rings. The molecule has 0 N–H and O–H groups in total. The number of nitrogens with zero attached hydrogens (tertiary/aromatic N) is 2. The Labute approximate surface area is 136 Å². The van der Waals surface area contributed by atoms with E-state index < -0.39 is 5.60 Å². The molecule has 0 unspecified atom stereocenters. The standard InChI is InChI=1S/C17H21ClN2O2/c1-12-7-5-6-10-20(12)16(21)17(2)11-15(19-22-17)13-8-3-4-9-14(13)18/h3-4,8-9,12H,5-7,10-11H2,1-2H3/t12-,17-/m0/s1. The Bertz CT molecular complexity index is 616. The van der Waals surface area contributed by atoms with Gasteiger partial charge < -0.3 is 9.74 Å². The summed E-state index contributed by atoms with van der Waals surface area (Å²) in [5.41, 5.74) is 0.665. The summed E-state index contributed by atoms with van der Waals surface area (Å²) in [6, 6.07) is 7.79. The fraction of sp³-hybridized carbons (Fsp3) is 0.529. The lowest BCUT2D eigenvalue weighted by atomic mass is 9.92. The third-order valence-electron chi connectivity index (χ3n) is 4.56. The summed E-state index contributed by atoms with van der Waals surface area (Å²) in [7, 11) is 0. The highest BCUT2D eigenvalue weighted by Crippen LogP contribution is 2.32. The third-order valence-corrected chi connectivity index (χ3v) is 4.89. The molecule has 0 saturated carbocycles. The van der Waals surface area contributed by atoms with E-state index in [-0.39, 0.29) is 11.9 Å². The van der Waals surface area contributed by atoms with Gasteiger partial charge in [-0.3, -0.25) is 4.79 Å². The van der Waals surface area contributed by atoms with Gasteiger partial charge in [0, 0.05) is 29.6 Å². The number of carbonyl (C=O) groups excluding carboxylic acids is 1. The minimum Gasteiger partial charge on any atom is -0.379 e. The van der Waals surface area contributed by atoms with Crippen LogP contribution in [0.25, 0.3) is 0 Å². The van der Waals surface area contributed by atoms with Crippen LogP contribution in [0, 0.1) is 0 Å². The summed E-state index contributed by atoms with van der Waals surface area (Å²) < 4.78 is 0. The first kappa shape index (κ1) is 15.3. The van der Waals surface area contributed by atoms with Crippen LogP contribution in [0.15, 0.2) is 29.4 Å². The monoisotopic (exact) mass is 320 g/mol. The number of halogens is 1. The van der Waals surface area contributed by atoms with Crippen LogP contribution in [0.4, 0.5) is 0 Å². The molecule has 4 nitrogen and oxygen atoms in total. The molecular formula is C17H21ClN2O2. The summed E-state index contributed by atoms with van der Waals surface area (Å²) in [5, 5.41) is 4.78. The van der Waals surface area contributed by atoms with Gasteiger partial charge in [-0.05, 0) is 39.2 Å². The van der Waals surface area contributed by atoms with E-state index in [1.54, 1.807) is 0 Å². The summed E-state index contributed by atoms with van der Waals surface area (Å²) in [6.45, 7) is 4.73. The summed E-state index contributed by atoms with van der Waals surface area (Å²) >= 11 is 6.22. The number of oxime groups is 1. The lowest BCUT2D eigenvalue weighted by Crippen LogP contribution is -2.52. The van der Waals surface area contributed by atoms with E-state index in [2.05, 4.69) is 12.1 Å². The van der Waals surface area contributed by atoms with Gasteiger partial charge in [0.25, 0.3) is 5.91 Å². The lowest BCUT2D eigenvalue weighted by molar-refractivity contribution is -0.156. The molecule has 3 rings (SSSR count). The van der Waals surface area contributed by atoms with Crippen LogP contribution in [-0.2, 0) is 9.63 Å². The van der Waals surface area contributed by atoms with Crippen molar-refractivity contribution in [1.29, 1.82) is 0 Å². The molecule has 2 aliphatic heterocycles. The van der Waals surface area contributed by atoms with E-state index >= 15 is 0 Å². The second kappa shape index (κ2) is 5.92. The maximum atomic E-state index is 12.9. The Morgan fingerprint density at radius 3 is 2.91 bits per heavy atom. The van der Waals surface area contributed by atoms with Gasteiger partial charge in [-0.15, -0.1) is 0 Å². The lowest BCUT2D eigenvalue weighted by Gasteiger charge is -2.37. The first-order chi connectivity index (χ1) is 10.5. The Morgan fingerprint density at radius 1 is 1.41 bits per heavy atom. The zero-order valence-corrected chi connectivity index (χ0v) is 13.8. The second-order valence-electron chi connectivity index (χ2n) is 6.36. The van der Waals surface area contributed by atoms with Crippen molar-refractivity contribution in [3.8, 4) is 0 Å². The molecule has 2 heterocycles. The minimum absolute atomic E-state index is 0.0329. The number of likely N-dealkylation sites (tertiary alicyclic amines) is 1. The van der Waals surface area contributed by atoms with Crippen molar-refractivity contribution < 1.29 is 9.63 Å². The number of amides is 1. The van der Waals surface area contributed by atoms with E-state index in [9.17, 15) is 4.79 Å². The van der Waals surface area contributed by atoms with Crippen LogP contribution in [0.2, 0.25) is 5.02 Å². The molecule has 1 fully saturated rings. The molecule has 0 spiro atoms. The Morgan fingerprint density at radius 2 is 2.18 bits per heavy atom. The van der Waals surface area contributed by atoms with Crippen LogP contribution >= 0.6 is 11.6 Å². The molecular weight excluding hydrogens is 300 g/mol. The van der Waals surface area contributed by atoms with E-state index in [4.69, 9.17) is 16.4 Å². The van der Waals surface area contributed by atoms with Crippen molar-refractivity contribution in [2.24, 2.45) is 5.16 Å². The Balaban J connectivity index is 1.77. The number of rotatable bonds is 2. The maximum absolute atomic E-state index is 12.9. The number of hydrogen-bond donors (Lipinski definition) is 0. The molecule has 0 bridgehead atoms. The maximum Gasteiger partial charge on any atom is 0.269 e. The first-order valence-electron chi connectivity index (χ1n) is 7.82. The fourth-order valence-corrected chi connectivity index (χ4v) is 3.44. The van der Waals surface area contributed by atoms with Crippen molar-refractivity contribution in [1.82, 2.24) is 4.90 Å². The van der Waals surface area contributed by atoms with Crippen LogP contribution in [0.1, 0.15) is 45.1 Å². The van der Waals surface area contributed by atoms with Crippen LogP contribution in [-0.4, -0.2) is 34.7 Å². The van der Waals surface area contributed by atoms with Gasteiger partial charge in [-0.1, -0.05) is 35.0 Å². The van der Waals surface area contributed by atoms with E-state index in [1.807, 2.05) is 36.1 Å². The number of piperidine rings is 1. The highest BCUT2D eigenvalue weighted by Gasteiger charge is 2.46. The van der Waals surface area contributed by atoms with Gasteiger partial charge >= 0.3 is 0 Å². The topological polar surface area (TPSA) is 41.9 Å². The average Bonchev–Trinajstić information content (AvgIpc) is 2.91. The SMILES string of the molecule is C[C@H]1CCCCN1C(=O)[C@]1(C)CC(c2ccccc2Cl)=NO1. The largest absolute Gasteiger partial charge is 0.379 e. The predicted molar refractivity (Wildman–Crippen MR) is 87.1 cm³/mol. The number of benzene rings is 1. The average molecular weight is 321 g/mol. The normalized spacial score (nSPS) is 28.2. The molecule has 118 valence electrons. The highest BCUT2D eigenvalue weighted by molar-refractivity contribution is 6.34. The number of hydrogen-bond acceptors (Lipinski definition) is 3.